The Morgan fingerprint density at radius 3 is 2.10 bits per heavy atom. The molecule has 1 aliphatic carbocycles. The molecule has 1 fully saturated rings. The minimum absolute atomic E-state index is 0.127. The summed E-state index contributed by atoms with van der Waals surface area (Å²) in [7, 11) is 0. The fourth-order valence-corrected chi connectivity index (χ4v) is 4.53. The van der Waals surface area contributed by atoms with Crippen molar-refractivity contribution in [3.8, 4) is 16.9 Å². The molecule has 0 amide bonds. The average Bonchev–Trinajstić information content (AvgIpc) is 2.73. The molecule has 0 bridgehead atoms. The number of aryl methyl sites for hydroxylation is 1. The van der Waals surface area contributed by atoms with E-state index in [2.05, 4.69) is 13.8 Å². The van der Waals surface area contributed by atoms with Gasteiger partial charge in [0, 0.05) is 11.6 Å². The van der Waals surface area contributed by atoms with E-state index in [0.717, 1.165) is 55.2 Å². The third kappa shape index (κ3) is 6.26. The van der Waals surface area contributed by atoms with Crippen molar-refractivity contribution < 1.29 is 17.9 Å². The maximum atomic E-state index is 14.5. The minimum atomic E-state index is -3.28. The maximum Gasteiger partial charge on any atom is 0.397 e. The Morgan fingerprint density at radius 2 is 1.53 bits per heavy atom. The van der Waals surface area contributed by atoms with Crippen molar-refractivity contribution in [2.45, 2.75) is 77.7 Å². The van der Waals surface area contributed by atoms with Crippen LogP contribution in [-0.4, -0.2) is 6.11 Å². The second-order valence-electron chi connectivity index (χ2n) is 8.65. The highest BCUT2D eigenvalue weighted by atomic mass is 19.3. The van der Waals surface area contributed by atoms with Crippen LogP contribution >= 0.6 is 0 Å². The summed E-state index contributed by atoms with van der Waals surface area (Å²) in [5.74, 6) is 0.431. The molecule has 2 aromatic rings. The van der Waals surface area contributed by atoms with Crippen molar-refractivity contribution in [2.75, 3.05) is 0 Å². The molecule has 2 aromatic carbocycles. The van der Waals surface area contributed by atoms with Crippen LogP contribution in [0.1, 0.15) is 70.8 Å². The van der Waals surface area contributed by atoms with E-state index in [9.17, 15) is 13.2 Å². The number of benzene rings is 2. The van der Waals surface area contributed by atoms with Gasteiger partial charge in [-0.2, -0.15) is 8.78 Å². The standard InChI is InChI=1S/C26H33F3O/c1-3-5-20-6-8-21(9-7-20)16-17-26(28,29)30-23-14-15-24(25(27)18-23)22-12-10-19(4-2)11-13-22/h10-15,18,20-21H,3-9,16-17H2,1-2H3. The number of alkyl halides is 2. The molecule has 1 saturated carbocycles. The zero-order valence-corrected chi connectivity index (χ0v) is 18.1. The molecule has 0 aromatic heterocycles. The predicted molar refractivity (Wildman–Crippen MR) is 116 cm³/mol. The summed E-state index contributed by atoms with van der Waals surface area (Å²) in [4.78, 5) is 0. The summed E-state index contributed by atoms with van der Waals surface area (Å²) in [6.07, 6.45) is 4.56. The van der Waals surface area contributed by atoms with Crippen LogP contribution < -0.4 is 4.74 Å². The highest BCUT2D eigenvalue weighted by molar-refractivity contribution is 5.65. The molecule has 0 N–H and O–H groups in total. The molecule has 0 saturated heterocycles. The average molecular weight is 419 g/mol. The molecule has 30 heavy (non-hydrogen) atoms. The molecular formula is C26H33F3O. The Bertz CT molecular complexity index is 792. The number of hydrogen-bond donors (Lipinski definition) is 0. The van der Waals surface area contributed by atoms with Gasteiger partial charge in [0.2, 0.25) is 0 Å². The second-order valence-corrected chi connectivity index (χ2v) is 8.65. The monoisotopic (exact) mass is 418 g/mol. The summed E-state index contributed by atoms with van der Waals surface area (Å²) in [6.45, 7) is 4.25. The van der Waals surface area contributed by atoms with Gasteiger partial charge in [-0.25, -0.2) is 4.39 Å². The lowest BCUT2D eigenvalue weighted by molar-refractivity contribution is -0.183. The molecule has 1 aliphatic rings. The first-order valence-electron chi connectivity index (χ1n) is 11.4. The zero-order chi connectivity index (χ0) is 21.6. The SMILES string of the molecule is CCCC1CCC(CCC(F)(F)Oc2ccc(-c3ccc(CC)cc3)c(F)c2)CC1. The van der Waals surface area contributed by atoms with Crippen molar-refractivity contribution in [2.24, 2.45) is 11.8 Å². The van der Waals surface area contributed by atoms with Gasteiger partial charge in [0.15, 0.2) is 0 Å². The molecule has 1 nitrogen and oxygen atoms in total. The first kappa shape index (κ1) is 22.7. The van der Waals surface area contributed by atoms with E-state index in [1.54, 1.807) is 0 Å². The number of ether oxygens (including phenoxy) is 1. The van der Waals surface area contributed by atoms with Crippen LogP contribution in [-0.2, 0) is 6.42 Å². The van der Waals surface area contributed by atoms with Gasteiger partial charge in [0.1, 0.15) is 11.6 Å². The second kappa shape index (κ2) is 10.4. The Morgan fingerprint density at radius 1 is 0.900 bits per heavy atom. The van der Waals surface area contributed by atoms with Crippen LogP contribution in [0.25, 0.3) is 11.1 Å². The van der Waals surface area contributed by atoms with Gasteiger partial charge >= 0.3 is 6.11 Å². The van der Waals surface area contributed by atoms with Crippen molar-refractivity contribution in [3.63, 3.8) is 0 Å². The van der Waals surface area contributed by atoms with Crippen molar-refractivity contribution in [1.29, 1.82) is 0 Å². The van der Waals surface area contributed by atoms with Gasteiger partial charge in [0.05, 0.1) is 6.42 Å². The summed E-state index contributed by atoms with van der Waals surface area (Å²) in [5, 5.41) is 0. The zero-order valence-electron chi connectivity index (χ0n) is 18.1. The van der Waals surface area contributed by atoms with Crippen molar-refractivity contribution in [1.82, 2.24) is 0 Å². The van der Waals surface area contributed by atoms with Gasteiger partial charge in [-0.1, -0.05) is 76.6 Å². The highest BCUT2D eigenvalue weighted by Gasteiger charge is 2.33. The van der Waals surface area contributed by atoms with E-state index in [0.29, 0.717) is 17.9 Å². The highest BCUT2D eigenvalue weighted by Crippen LogP contribution is 2.37. The Hall–Kier alpha value is -1.97. The van der Waals surface area contributed by atoms with Crippen LogP contribution in [0.2, 0.25) is 0 Å². The Balaban J connectivity index is 1.55. The largest absolute Gasteiger partial charge is 0.432 e. The van der Waals surface area contributed by atoms with E-state index in [4.69, 9.17) is 4.74 Å². The van der Waals surface area contributed by atoms with E-state index in [-0.39, 0.29) is 12.2 Å². The lowest BCUT2D eigenvalue weighted by Crippen LogP contribution is -2.26. The van der Waals surface area contributed by atoms with Crippen LogP contribution in [0.5, 0.6) is 5.75 Å². The first-order valence-corrected chi connectivity index (χ1v) is 11.4. The third-order valence-electron chi connectivity index (χ3n) is 6.39. The van der Waals surface area contributed by atoms with Crippen LogP contribution in [0, 0.1) is 17.7 Å². The fourth-order valence-electron chi connectivity index (χ4n) is 4.53. The lowest BCUT2D eigenvalue weighted by Gasteiger charge is -2.29. The Labute approximate surface area is 178 Å². The molecule has 0 unspecified atom stereocenters. The molecule has 164 valence electrons. The summed E-state index contributed by atoms with van der Waals surface area (Å²) >= 11 is 0. The summed E-state index contributed by atoms with van der Waals surface area (Å²) in [5.41, 5.74) is 2.27. The van der Waals surface area contributed by atoms with Crippen molar-refractivity contribution in [3.05, 3.63) is 53.8 Å². The lowest BCUT2D eigenvalue weighted by atomic mass is 9.78. The van der Waals surface area contributed by atoms with E-state index < -0.39 is 11.9 Å². The van der Waals surface area contributed by atoms with Gasteiger partial charge in [-0.05, 0) is 47.9 Å². The number of hydrogen-bond acceptors (Lipinski definition) is 1. The van der Waals surface area contributed by atoms with Crippen LogP contribution in [0.15, 0.2) is 42.5 Å². The van der Waals surface area contributed by atoms with Gasteiger partial charge in [-0.15, -0.1) is 0 Å². The number of rotatable bonds is 9. The minimum Gasteiger partial charge on any atom is -0.432 e. The molecule has 0 atom stereocenters. The number of halogens is 3. The van der Waals surface area contributed by atoms with Crippen LogP contribution in [0.3, 0.4) is 0 Å². The van der Waals surface area contributed by atoms with Gasteiger partial charge in [0.25, 0.3) is 0 Å². The first-order chi connectivity index (χ1) is 14.4. The van der Waals surface area contributed by atoms with Crippen molar-refractivity contribution >= 4 is 0 Å². The summed E-state index contributed by atoms with van der Waals surface area (Å²) in [6, 6.07) is 11.6. The van der Waals surface area contributed by atoms with E-state index >= 15 is 0 Å². The molecule has 0 radical (unpaired) electrons. The van der Waals surface area contributed by atoms with Gasteiger partial charge in [-0.3, -0.25) is 0 Å². The Kier molecular flexibility index (Phi) is 7.85. The molecular weight excluding hydrogens is 385 g/mol. The van der Waals surface area contributed by atoms with E-state index in [1.165, 1.54) is 25.0 Å². The maximum absolute atomic E-state index is 14.5. The molecule has 0 spiro atoms. The normalized spacial score (nSPS) is 19.6. The fraction of sp³-hybridized carbons (Fsp3) is 0.538. The van der Waals surface area contributed by atoms with Gasteiger partial charge < -0.3 is 4.74 Å². The molecule has 0 aliphatic heterocycles. The van der Waals surface area contributed by atoms with E-state index in [1.807, 2.05) is 24.3 Å². The molecule has 4 heteroatoms. The topological polar surface area (TPSA) is 9.23 Å². The third-order valence-corrected chi connectivity index (χ3v) is 6.39. The summed E-state index contributed by atoms with van der Waals surface area (Å²) < 4.78 is 48.1. The molecule has 3 rings (SSSR count). The predicted octanol–water partition coefficient (Wildman–Crippen LogP) is 8.41. The smallest absolute Gasteiger partial charge is 0.397 e. The van der Waals surface area contributed by atoms with Crippen LogP contribution in [0.4, 0.5) is 13.2 Å². The molecule has 0 heterocycles. The quantitative estimate of drug-likeness (QED) is 0.397.